The number of carbonyl (C=O) groups excluding carboxylic acids is 1. The van der Waals surface area contributed by atoms with Crippen LogP contribution in [0, 0.1) is 6.92 Å². The van der Waals surface area contributed by atoms with Crippen LogP contribution in [0.5, 0.6) is 0 Å². The monoisotopic (exact) mass is 181 g/mol. The summed E-state index contributed by atoms with van der Waals surface area (Å²) in [5, 5.41) is 7.42. The van der Waals surface area contributed by atoms with Gasteiger partial charge in [-0.25, -0.2) is 0 Å². The SMILES string of the molecule is CC(=O)O.[CH2-]C(C)=O.[Zn]. The Labute approximate surface area is 67.2 Å². The Morgan fingerprint density at radius 2 is 1.33 bits per heavy atom. The fourth-order valence-corrected chi connectivity index (χ4v) is 0. The number of hydrogen-bond acceptors (Lipinski definition) is 2. The summed E-state index contributed by atoms with van der Waals surface area (Å²) in [6.07, 6.45) is 0. The molecule has 9 heavy (non-hydrogen) atoms. The zero-order chi connectivity index (χ0) is 7.15. The molecular formula is C5H9O3Zn-. The van der Waals surface area contributed by atoms with Gasteiger partial charge in [0.25, 0.3) is 5.97 Å². The van der Waals surface area contributed by atoms with Crippen LogP contribution in [0.3, 0.4) is 0 Å². The molecule has 0 spiro atoms. The molecule has 0 bridgehead atoms. The van der Waals surface area contributed by atoms with Gasteiger partial charge in [0.15, 0.2) is 0 Å². The van der Waals surface area contributed by atoms with Crippen LogP contribution in [0.2, 0.25) is 0 Å². The number of aliphatic carboxylic acids is 1. The van der Waals surface area contributed by atoms with E-state index in [4.69, 9.17) is 9.90 Å². The van der Waals surface area contributed by atoms with Crippen LogP contribution < -0.4 is 0 Å². The molecule has 0 aliphatic rings. The van der Waals surface area contributed by atoms with E-state index in [0.29, 0.717) is 0 Å². The van der Waals surface area contributed by atoms with Crippen LogP contribution in [0.4, 0.5) is 0 Å². The Balaban J connectivity index is -0.0000000720. The van der Waals surface area contributed by atoms with Gasteiger partial charge in [-0.2, -0.15) is 0 Å². The summed E-state index contributed by atoms with van der Waals surface area (Å²) < 4.78 is 0. The van der Waals surface area contributed by atoms with E-state index in [1.54, 1.807) is 0 Å². The smallest absolute Gasteiger partial charge is 0.300 e. The first-order valence-electron chi connectivity index (χ1n) is 1.99. The van der Waals surface area contributed by atoms with E-state index in [-0.39, 0.29) is 25.3 Å². The van der Waals surface area contributed by atoms with Gasteiger partial charge in [0.2, 0.25) is 0 Å². The molecule has 0 fully saturated rings. The molecule has 0 atom stereocenters. The Hall–Kier alpha value is -0.367. The van der Waals surface area contributed by atoms with Gasteiger partial charge in [0.1, 0.15) is 0 Å². The van der Waals surface area contributed by atoms with E-state index < -0.39 is 5.97 Å². The van der Waals surface area contributed by atoms with Crippen LogP contribution in [-0.2, 0) is 29.1 Å². The van der Waals surface area contributed by atoms with Crippen molar-refractivity contribution in [1.82, 2.24) is 0 Å². The average Bonchev–Trinajstić information content (AvgIpc) is 1.25. The second-order valence-corrected chi connectivity index (χ2v) is 1.22. The summed E-state index contributed by atoms with van der Waals surface area (Å²) in [6.45, 7) is 5.50. The minimum atomic E-state index is -0.833. The van der Waals surface area contributed by atoms with Crippen LogP contribution in [0.1, 0.15) is 13.8 Å². The summed E-state index contributed by atoms with van der Waals surface area (Å²) in [7, 11) is 0. The molecule has 0 amide bonds. The molecule has 0 aromatic rings. The molecule has 0 rings (SSSR count). The third kappa shape index (κ3) is 1800. The second-order valence-electron chi connectivity index (χ2n) is 1.22. The predicted octanol–water partition coefficient (Wildman–Crippen LogP) is 0.498. The van der Waals surface area contributed by atoms with Crippen molar-refractivity contribution in [3.8, 4) is 0 Å². The predicted molar refractivity (Wildman–Crippen MR) is 29.3 cm³/mol. The minimum Gasteiger partial charge on any atom is -0.481 e. The Kier molecular flexibility index (Phi) is 18.6. The maximum atomic E-state index is 9.33. The molecule has 0 aliphatic heterocycles. The van der Waals surface area contributed by atoms with Gasteiger partial charge in [0, 0.05) is 26.4 Å². The topological polar surface area (TPSA) is 54.4 Å². The second kappa shape index (κ2) is 10.6. The molecule has 0 unspecified atom stereocenters. The summed E-state index contributed by atoms with van der Waals surface area (Å²) in [4.78, 5) is 18.3. The third-order valence-electron chi connectivity index (χ3n) is 0. The van der Waals surface area contributed by atoms with Crippen molar-refractivity contribution in [3.63, 3.8) is 0 Å². The van der Waals surface area contributed by atoms with Crippen molar-refractivity contribution < 1.29 is 34.2 Å². The zero-order valence-electron chi connectivity index (χ0n) is 5.68. The van der Waals surface area contributed by atoms with Crippen molar-refractivity contribution >= 4 is 11.8 Å². The van der Waals surface area contributed by atoms with Gasteiger partial charge in [-0.1, -0.05) is 0 Å². The van der Waals surface area contributed by atoms with E-state index in [2.05, 4.69) is 6.92 Å². The molecule has 0 aromatic carbocycles. The third-order valence-corrected chi connectivity index (χ3v) is 0. The molecule has 0 aliphatic carbocycles. The van der Waals surface area contributed by atoms with Crippen molar-refractivity contribution in [2.24, 2.45) is 0 Å². The van der Waals surface area contributed by atoms with Gasteiger partial charge in [-0.05, 0) is 12.7 Å². The van der Waals surface area contributed by atoms with E-state index in [0.717, 1.165) is 6.92 Å². The fourth-order valence-electron chi connectivity index (χ4n) is 0. The number of carboxylic acids is 1. The van der Waals surface area contributed by atoms with Crippen LogP contribution in [0.25, 0.3) is 0 Å². The first kappa shape index (κ1) is 15.9. The molecule has 0 saturated carbocycles. The van der Waals surface area contributed by atoms with Gasteiger partial charge in [-0.3, -0.25) is 4.79 Å². The Morgan fingerprint density at radius 1 is 1.33 bits per heavy atom. The Bertz CT molecular complexity index is 70.2. The van der Waals surface area contributed by atoms with Gasteiger partial charge >= 0.3 is 0 Å². The normalized spacial score (nSPS) is 5.56. The molecule has 1 N–H and O–H groups in total. The van der Waals surface area contributed by atoms with E-state index in [1.807, 2.05) is 0 Å². The standard InChI is InChI=1S/C3H5O.C2H4O2.Zn/c1-3(2)4;1-2(3)4;/h1H2,2H3;1H3,(H,3,4);/q-1;;. The van der Waals surface area contributed by atoms with Crippen molar-refractivity contribution in [2.45, 2.75) is 13.8 Å². The maximum Gasteiger partial charge on any atom is 0.300 e. The molecule has 50 valence electrons. The van der Waals surface area contributed by atoms with Gasteiger partial charge < -0.3 is 16.8 Å². The average molecular weight is 183 g/mol. The summed E-state index contributed by atoms with van der Waals surface area (Å²) in [5.41, 5.74) is 0. The van der Waals surface area contributed by atoms with Crippen LogP contribution >= 0.6 is 0 Å². The number of carboxylic acid groups (broad SMARTS) is 1. The van der Waals surface area contributed by atoms with Crippen molar-refractivity contribution in [3.05, 3.63) is 6.92 Å². The maximum absolute atomic E-state index is 9.33. The van der Waals surface area contributed by atoms with Gasteiger partial charge in [-0.15, -0.1) is 0 Å². The van der Waals surface area contributed by atoms with E-state index in [1.165, 1.54) is 6.92 Å². The quantitative estimate of drug-likeness (QED) is 0.438. The Morgan fingerprint density at radius 3 is 1.33 bits per heavy atom. The largest absolute Gasteiger partial charge is 0.481 e. The van der Waals surface area contributed by atoms with Crippen LogP contribution in [-0.4, -0.2) is 16.9 Å². The first-order chi connectivity index (χ1) is 3.46. The van der Waals surface area contributed by atoms with Crippen molar-refractivity contribution in [1.29, 1.82) is 0 Å². The number of ketones is 1. The molecule has 0 saturated heterocycles. The molecule has 0 radical (unpaired) electrons. The van der Waals surface area contributed by atoms with E-state index in [9.17, 15) is 4.79 Å². The first-order valence-corrected chi connectivity index (χ1v) is 1.99. The van der Waals surface area contributed by atoms with Crippen LogP contribution in [0.15, 0.2) is 0 Å². The number of rotatable bonds is 0. The van der Waals surface area contributed by atoms with Gasteiger partial charge in [0.05, 0.1) is 0 Å². The number of carbonyl (C=O) groups is 2. The zero-order valence-corrected chi connectivity index (χ0v) is 8.65. The fraction of sp³-hybridized carbons (Fsp3) is 0.400. The number of Topliss-reactive ketones (excluding diaryl/α,β-unsaturated/α-hetero) is 1. The minimum absolute atomic E-state index is 0. The molecule has 3 nitrogen and oxygen atoms in total. The molecule has 0 aromatic heterocycles. The number of hydrogen-bond donors (Lipinski definition) is 1. The summed E-state index contributed by atoms with van der Waals surface area (Å²) in [5.74, 6) is -0.917. The molecule has 0 heterocycles. The van der Waals surface area contributed by atoms with E-state index >= 15 is 0 Å². The molecule has 4 heteroatoms. The summed E-state index contributed by atoms with van der Waals surface area (Å²) >= 11 is 0. The molecular weight excluding hydrogens is 173 g/mol. The summed E-state index contributed by atoms with van der Waals surface area (Å²) in [6, 6.07) is 0. The van der Waals surface area contributed by atoms with Crippen molar-refractivity contribution in [2.75, 3.05) is 0 Å².